The van der Waals surface area contributed by atoms with Crippen LogP contribution >= 0.6 is 0 Å². The smallest absolute Gasteiger partial charge is 0.150 e. The van der Waals surface area contributed by atoms with Gasteiger partial charge in [-0.1, -0.05) is 76.2 Å². The van der Waals surface area contributed by atoms with E-state index in [9.17, 15) is 0 Å². The molecular weight excluding hydrogens is 306 g/mol. The van der Waals surface area contributed by atoms with Crippen molar-refractivity contribution in [3.05, 3.63) is 65.2 Å². The molecule has 0 saturated carbocycles. The summed E-state index contributed by atoms with van der Waals surface area (Å²) < 4.78 is 0. The SMILES string of the molecule is CC(C)c1cccc(C(C)C)c1N=C(c1ccccc1)N(C)N(C)C. The van der Waals surface area contributed by atoms with E-state index in [2.05, 4.69) is 87.2 Å². The first kappa shape index (κ1) is 19.2. The van der Waals surface area contributed by atoms with Crippen molar-refractivity contribution in [2.45, 2.75) is 39.5 Å². The minimum atomic E-state index is 0.430. The summed E-state index contributed by atoms with van der Waals surface area (Å²) in [5.41, 5.74) is 4.82. The van der Waals surface area contributed by atoms with Crippen LogP contribution in [0.25, 0.3) is 0 Å². The first-order valence-corrected chi connectivity index (χ1v) is 9.00. The summed E-state index contributed by atoms with van der Waals surface area (Å²) in [7, 11) is 6.13. The van der Waals surface area contributed by atoms with Crippen LogP contribution in [0.15, 0.2) is 53.5 Å². The molecule has 2 aromatic rings. The van der Waals surface area contributed by atoms with E-state index in [1.807, 2.05) is 20.2 Å². The highest BCUT2D eigenvalue weighted by Gasteiger charge is 2.17. The van der Waals surface area contributed by atoms with Gasteiger partial charge in [-0.25, -0.2) is 10.0 Å². The zero-order valence-corrected chi connectivity index (χ0v) is 16.6. The van der Waals surface area contributed by atoms with Gasteiger partial charge in [0.2, 0.25) is 0 Å². The second-order valence-corrected chi connectivity index (χ2v) is 7.27. The van der Waals surface area contributed by atoms with Gasteiger partial charge < -0.3 is 0 Å². The van der Waals surface area contributed by atoms with E-state index in [1.165, 1.54) is 11.1 Å². The number of hydrazine groups is 1. The predicted octanol–water partition coefficient (Wildman–Crippen LogP) is 5.42. The maximum atomic E-state index is 5.19. The van der Waals surface area contributed by atoms with Gasteiger partial charge in [-0.3, -0.25) is 5.01 Å². The van der Waals surface area contributed by atoms with Crippen LogP contribution in [0.1, 0.15) is 56.2 Å². The predicted molar refractivity (Wildman–Crippen MR) is 109 cm³/mol. The third-order valence-corrected chi connectivity index (χ3v) is 4.50. The van der Waals surface area contributed by atoms with E-state index in [0.29, 0.717) is 11.8 Å². The van der Waals surface area contributed by atoms with E-state index in [1.54, 1.807) is 0 Å². The molecule has 0 aliphatic carbocycles. The van der Waals surface area contributed by atoms with Gasteiger partial charge in [0, 0.05) is 26.7 Å². The second kappa shape index (κ2) is 8.30. The number of nitrogens with zero attached hydrogens (tertiary/aromatic N) is 3. The van der Waals surface area contributed by atoms with Crippen LogP contribution in [-0.2, 0) is 0 Å². The molecule has 0 aliphatic heterocycles. The number of hydrogen-bond donors (Lipinski definition) is 0. The Morgan fingerprint density at radius 2 is 1.28 bits per heavy atom. The summed E-state index contributed by atoms with van der Waals surface area (Å²) in [6.07, 6.45) is 0. The van der Waals surface area contributed by atoms with Crippen molar-refractivity contribution in [2.24, 2.45) is 4.99 Å². The largest absolute Gasteiger partial charge is 0.293 e. The lowest BCUT2D eigenvalue weighted by Gasteiger charge is -2.29. The zero-order valence-electron chi connectivity index (χ0n) is 16.6. The molecule has 134 valence electrons. The summed E-state index contributed by atoms with van der Waals surface area (Å²) in [6, 6.07) is 17.0. The van der Waals surface area contributed by atoms with Gasteiger partial charge in [-0.15, -0.1) is 0 Å². The molecule has 0 aromatic heterocycles. The van der Waals surface area contributed by atoms with Gasteiger partial charge in [0.25, 0.3) is 0 Å². The highest BCUT2D eigenvalue weighted by Crippen LogP contribution is 2.35. The first-order valence-electron chi connectivity index (χ1n) is 9.00. The average Bonchev–Trinajstić information content (AvgIpc) is 2.59. The van der Waals surface area contributed by atoms with Crippen molar-refractivity contribution in [3.8, 4) is 0 Å². The van der Waals surface area contributed by atoms with Gasteiger partial charge in [-0.05, 0) is 23.0 Å². The van der Waals surface area contributed by atoms with Crippen LogP contribution in [-0.4, -0.2) is 37.0 Å². The molecule has 0 saturated heterocycles. The van der Waals surface area contributed by atoms with Gasteiger partial charge in [0.15, 0.2) is 5.84 Å². The fraction of sp³-hybridized carbons (Fsp3) is 0.409. The number of hydrogen-bond acceptors (Lipinski definition) is 2. The van der Waals surface area contributed by atoms with Crippen molar-refractivity contribution in [1.29, 1.82) is 0 Å². The molecule has 2 rings (SSSR count). The Labute approximate surface area is 153 Å². The minimum Gasteiger partial charge on any atom is -0.293 e. The standard InChI is InChI=1S/C22H31N3/c1-16(2)19-14-11-15-20(17(3)4)21(19)23-22(25(7)24(5)6)18-12-9-8-10-13-18/h8-17H,1-7H3. The van der Waals surface area contributed by atoms with Crippen LogP contribution in [0.5, 0.6) is 0 Å². The van der Waals surface area contributed by atoms with Gasteiger partial charge in [0.05, 0.1) is 5.69 Å². The number of amidine groups is 1. The Morgan fingerprint density at radius 1 is 0.760 bits per heavy atom. The molecule has 0 N–H and O–H groups in total. The van der Waals surface area contributed by atoms with Crippen molar-refractivity contribution in [3.63, 3.8) is 0 Å². The third-order valence-electron chi connectivity index (χ3n) is 4.50. The Balaban J connectivity index is 2.71. The quantitative estimate of drug-likeness (QED) is 0.412. The Morgan fingerprint density at radius 3 is 1.72 bits per heavy atom. The molecule has 0 heterocycles. The first-order chi connectivity index (χ1) is 11.8. The fourth-order valence-corrected chi connectivity index (χ4v) is 2.85. The Bertz CT molecular complexity index is 689. The van der Waals surface area contributed by atoms with E-state index in [4.69, 9.17) is 4.99 Å². The minimum absolute atomic E-state index is 0.430. The highest BCUT2D eigenvalue weighted by atomic mass is 15.6. The fourth-order valence-electron chi connectivity index (χ4n) is 2.85. The maximum Gasteiger partial charge on any atom is 0.150 e. The Hall–Kier alpha value is -2.13. The number of rotatable bonds is 5. The third kappa shape index (κ3) is 4.49. The average molecular weight is 338 g/mol. The lowest BCUT2D eigenvalue weighted by molar-refractivity contribution is 0.145. The van der Waals surface area contributed by atoms with E-state index < -0.39 is 0 Å². The molecule has 0 amide bonds. The molecule has 0 bridgehead atoms. The van der Waals surface area contributed by atoms with Crippen LogP contribution in [0.2, 0.25) is 0 Å². The molecule has 0 unspecified atom stereocenters. The molecule has 0 spiro atoms. The van der Waals surface area contributed by atoms with E-state index >= 15 is 0 Å². The number of aliphatic imine (C=N–C) groups is 1. The monoisotopic (exact) mass is 337 g/mol. The molecule has 3 heteroatoms. The van der Waals surface area contributed by atoms with E-state index in [-0.39, 0.29) is 0 Å². The van der Waals surface area contributed by atoms with E-state index in [0.717, 1.165) is 17.1 Å². The Kier molecular flexibility index (Phi) is 6.38. The molecule has 0 aliphatic rings. The van der Waals surface area contributed by atoms with Gasteiger partial charge >= 0.3 is 0 Å². The lowest BCUT2D eigenvalue weighted by Crippen LogP contribution is -2.39. The summed E-state index contributed by atoms with van der Waals surface area (Å²) in [4.78, 5) is 5.19. The zero-order chi connectivity index (χ0) is 18.6. The van der Waals surface area contributed by atoms with Crippen LogP contribution < -0.4 is 0 Å². The van der Waals surface area contributed by atoms with Crippen molar-refractivity contribution >= 4 is 11.5 Å². The topological polar surface area (TPSA) is 18.8 Å². The molecule has 3 nitrogen and oxygen atoms in total. The van der Waals surface area contributed by atoms with Crippen molar-refractivity contribution in [1.82, 2.24) is 10.0 Å². The normalized spacial score (nSPS) is 12.3. The molecule has 2 aromatic carbocycles. The summed E-state index contributed by atoms with van der Waals surface area (Å²) in [5.74, 6) is 1.82. The molecular formula is C22H31N3. The van der Waals surface area contributed by atoms with Crippen LogP contribution in [0.3, 0.4) is 0 Å². The summed E-state index contributed by atoms with van der Waals surface area (Å²) >= 11 is 0. The summed E-state index contributed by atoms with van der Waals surface area (Å²) in [6.45, 7) is 8.93. The molecule has 0 radical (unpaired) electrons. The number of para-hydroxylation sites is 1. The van der Waals surface area contributed by atoms with Gasteiger partial charge in [-0.2, -0.15) is 0 Å². The second-order valence-electron chi connectivity index (χ2n) is 7.27. The van der Waals surface area contributed by atoms with Crippen molar-refractivity contribution in [2.75, 3.05) is 21.1 Å². The van der Waals surface area contributed by atoms with Gasteiger partial charge in [0.1, 0.15) is 0 Å². The van der Waals surface area contributed by atoms with Crippen molar-refractivity contribution < 1.29 is 0 Å². The molecule has 0 atom stereocenters. The molecule has 25 heavy (non-hydrogen) atoms. The molecule has 0 fully saturated rings. The highest BCUT2D eigenvalue weighted by molar-refractivity contribution is 6.00. The van der Waals surface area contributed by atoms with Crippen LogP contribution in [0, 0.1) is 0 Å². The number of benzene rings is 2. The lowest BCUT2D eigenvalue weighted by atomic mass is 9.93. The summed E-state index contributed by atoms with van der Waals surface area (Å²) in [5, 5.41) is 4.15. The maximum absolute atomic E-state index is 5.19. The van der Waals surface area contributed by atoms with Crippen LogP contribution in [0.4, 0.5) is 5.69 Å².